The van der Waals surface area contributed by atoms with Gasteiger partial charge < -0.3 is 15.3 Å². The normalized spacial score (nSPS) is 25.1. The Kier molecular flexibility index (Phi) is 4.76. The molecule has 0 spiro atoms. The minimum atomic E-state index is -0.00187. The summed E-state index contributed by atoms with van der Waals surface area (Å²) in [6.07, 6.45) is 6.13. The fourth-order valence-electron chi connectivity index (χ4n) is 4.23. The molecule has 26 heavy (non-hydrogen) atoms. The van der Waals surface area contributed by atoms with Crippen LogP contribution in [0.2, 0.25) is 0 Å². The van der Waals surface area contributed by atoms with Crippen LogP contribution in [0.5, 0.6) is 5.75 Å². The lowest BCUT2D eigenvalue weighted by molar-refractivity contribution is 0.219. The zero-order valence-corrected chi connectivity index (χ0v) is 14.9. The third-order valence-electron chi connectivity index (χ3n) is 5.67. The maximum atomic E-state index is 12.6. The third kappa shape index (κ3) is 3.38. The molecule has 2 N–H and O–H groups in total. The fourth-order valence-corrected chi connectivity index (χ4v) is 4.23. The lowest BCUT2D eigenvalue weighted by Gasteiger charge is -2.43. The first-order valence-corrected chi connectivity index (χ1v) is 9.23. The second-order valence-corrected chi connectivity index (χ2v) is 7.39. The molecule has 5 nitrogen and oxygen atoms in total. The summed E-state index contributed by atoms with van der Waals surface area (Å²) in [5, 5.41) is 22.4. The van der Waals surface area contributed by atoms with E-state index in [1.165, 1.54) is 25.3 Å². The van der Waals surface area contributed by atoms with Crippen LogP contribution in [0.15, 0.2) is 30.3 Å². The van der Waals surface area contributed by atoms with E-state index < -0.39 is 0 Å². The fraction of sp³-hybridized carbons (Fsp3) is 0.450. The first-order valence-electron chi connectivity index (χ1n) is 9.23. The van der Waals surface area contributed by atoms with Crippen molar-refractivity contribution >= 4 is 5.82 Å². The Bertz CT molecular complexity index is 755. The van der Waals surface area contributed by atoms with Crippen LogP contribution in [0.1, 0.15) is 37.7 Å². The van der Waals surface area contributed by atoms with Crippen molar-refractivity contribution in [1.82, 2.24) is 15.5 Å². The van der Waals surface area contributed by atoms with Crippen molar-refractivity contribution in [3.05, 3.63) is 42.6 Å². The molecule has 6 heteroatoms. The van der Waals surface area contributed by atoms with Crippen LogP contribution in [0.25, 0.3) is 11.3 Å². The molecule has 0 unspecified atom stereocenters. The van der Waals surface area contributed by atoms with Crippen molar-refractivity contribution in [1.29, 1.82) is 0 Å². The molecular formula is C20H24FN4O. The van der Waals surface area contributed by atoms with E-state index in [4.69, 9.17) is 0 Å². The lowest BCUT2D eigenvalue weighted by Crippen LogP contribution is -2.54. The van der Waals surface area contributed by atoms with E-state index in [0.29, 0.717) is 41.6 Å². The molecule has 2 aliphatic rings. The Labute approximate surface area is 153 Å². The van der Waals surface area contributed by atoms with Gasteiger partial charge in [-0.1, -0.05) is 12.5 Å². The molecule has 0 aliphatic carbocycles. The van der Waals surface area contributed by atoms with Gasteiger partial charge in [-0.25, -0.2) is 4.39 Å². The van der Waals surface area contributed by atoms with Gasteiger partial charge in [0, 0.05) is 30.7 Å². The summed E-state index contributed by atoms with van der Waals surface area (Å²) in [5.74, 6) is 0.838. The third-order valence-corrected chi connectivity index (χ3v) is 5.67. The maximum Gasteiger partial charge on any atom is 0.161 e. The van der Waals surface area contributed by atoms with E-state index in [1.807, 2.05) is 12.1 Å². The molecule has 2 aliphatic heterocycles. The minimum absolute atomic E-state index is 0.00187. The number of nitrogens with zero attached hydrogens (tertiary/aromatic N) is 3. The zero-order valence-electron chi connectivity index (χ0n) is 14.9. The van der Waals surface area contributed by atoms with Gasteiger partial charge in [0.25, 0.3) is 0 Å². The Morgan fingerprint density at radius 3 is 2.54 bits per heavy atom. The number of anilines is 1. The van der Waals surface area contributed by atoms with Crippen molar-refractivity contribution in [3.63, 3.8) is 0 Å². The molecule has 2 bridgehead atoms. The van der Waals surface area contributed by atoms with E-state index in [0.717, 1.165) is 18.7 Å². The molecule has 1 aromatic heterocycles. The van der Waals surface area contributed by atoms with E-state index in [1.54, 1.807) is 12.1 Å². The largest absolute Gasteiger partial charge is 0.507 e. The van der Waals surface area contributed by atoms with Crippen LogP contribution in [0, 0.1) is 6.67 Å². The number of rotatable bonds is 4. The van der Waals surface area contributed by atoms with Gasteiger partial charge in [0.2, 0.25) is 0 Å². The van der Waals surface area contributed by atoms with Crippen molar-refractivity contribution in [2.75, 3.05) is 11.9 Å². The predicted octanol–water partition coefficient (Wildman–Crippen LogP) is 3.44. The first kappa shape index (κ1) is 17.2. The summed E-state index contributed by atoms with van der Waals surface area (Å²) < 4.78 is 12.6. The van der Waals surface area contributed by atoms with E-state index >= 15 is 0 Å². The molecule has 1 radical (unpaired) electrons. The topological polar surface area (TPSA) is 61.3 Å². The highest BCUT2D eigenvalue weighted by Crippen LogP contribution is 2.32. The average molecular weight is 355 g/mol. The minimum Gasteiger partial charge on any atom is -0.507 e. The quantitative estimate of drug-likeness (QED) is 0.880. The standard InChI is InChI=1S/C20H24FN4O/c1-25(16-10-14-3-2-4-15(11-16)22-14)20-8-7-18(23-24-20)17-6-5-13(12-21)9-19(17)26/h5-9,12,14-16,22,26H,2-4,10-11H2,1H3/t14-,15+,16-. The van der Waals surface area contributed by atoms with Crippen LogP contribution < -0.4 is 10.2 Å². The Balaban J connectivity index is 1.50. The number of phenolic OH excluding ortho intramolecular Hbond substituents is 1. The van der Waals surface area contributed by atoms with Gasteiger partial charge in [0.1, 0.15) is 5.75 Å². The SMILES string of the molecule is CN(c1ccc(-c2ccc([CH]F)cc2O)nn1)[C@@H]1C[C@H]2CCC[C@@H](C1)N2. The van der Waals surface area contributed by atoms with Gasteiger partial charge in [-0.2, -0.15) is 0 Å². The maximum absolute atomic E-state index is 12.6. The number of hydrogen-bond donors (Lipinski definition) is 2. The molecule has 2 fully saturated rings. The van der Waals surface area contributed by atoms with Crippen molar-refractivity contribution in [2.45, 2.75) is 50.2 Å². The van der Waals surface area contributed by atoms with Gasteiger partial charge in [-0.15, -0.1) is 10.2 Å². The molecular weight excluding hydrogens is 331 g/mol. The Morgan fingerprint density at radius 1 is 1.15 bits per heavy atom. The summed E-state index contributed by atoms with van der Waals surface area (Å²) in [7, 11) is 2.08. The molecule has 0 amide bonds. The predicted molar refractivity (Wildman–Crippen MR) is 99.6 cm³/mol. The number of halogens is 1. The number of fused-ring (bicyclic) bond motifs is 2. The second kappa shape index (κ2) is 7.19. The highest BCUT2D eigenvalue weighted by atomic mass is 19.1. The summed E-state index contributed by atoms with van der Waals surface area (Å²) in [5.41, 5.74) is 1.45. The number of phenols is 1. The smallest absolute Gasteiger partial charge is 0.161 e. The van der Waals surface area contributed by atoms with E-state index in [9.17, 15) is 9.50 Å². The summed E-state index contributed by atoms with van der Waals surface area (Å²) in [6, 6.07) is 10.1. The number of piperidine rings is 2. The summed E-state index contributed by atoms with van der Waals surface area (Å²) in [4.78, 5) is 2.23. The number of benzene rings is 1. The molecule has 3 atom stereocenters. The first-order chi connectivity index (χ1) is 12.6. The highest BCUT2D eigenvalue weighted by Gasteiger charge is 2.33. The molecule has 3 heterocycles. The Hall–Kier alpha value is -2.21. The van der Waals surface area contributed by atoms with Gasteiger partial charge in [-0.05, 0) is 55.5 Å². The summed E-state index contributed by atoms with van der Waals surface area (Å²) in [6.45, 7) is 0.460. The van der Waals surface area contributed by atoms with E-state index in [2.05, 4.69) is 27.5 Å². The molecule has 2 aromatic rings. The Morgan fingerprint density at radius 2 is 1.92 bits per heavy atom. The number of aromatic nitrogens is 2. The van der Waals surface area contributed by atoms with Gasteiger partial charge >= 0.3 is 0 Å². The van der Waals surface area contributed by atoms with Gasteiger partial charge in [0.05, 0.1) is 5.69 Å². The molecule has 4 rings (SSSR count). The van der Waals surface area contributed by atoms with Gasteiger partial charge in [-0.3, -0.25) is 0 Å². The van der Waals surface area contributed by atoms with Crippen LogP contribution in [0.3, 0.4) is 0 Å². The van der Waals surface area contributed by atoms with Crippen LogP contribution in [0.4, 0.5) is 10.2 Å². The van der Waals surface area contributed by atoms with Crippen molar-refractivity contribution in [3.8, 4) is 17.0 Å². The van der Waals surface area contributed by atoms with E-state index in [-0.39, 0.29) is 5.75 Å². The van der Waals surface area contributed by atoms with Crippen molar-refractivity contribution in [2.24, 2.45) is 0 Å². The number of nitrogens with one attached hydrogen (secondary N) is 1. The second-order valence-electron chi connectivity index (χ2n) is 7.39. The van der Waals surface area contributed by atoms with Crippen LogP contribution in [-0.4, -0.2) is 40.5 Å². The molecule has 1 aromatic carbocycles. The zero-order chi connectivity index (χ0) is 18.1. The van der Waals surface area contributed by atoms with Crippen molar-refractivity contribution < 1.29 is 9.50 Å². The average Bonchev–Trinajstić information content (AvgIpc) is 2.67. The van der Waals surface area contributed by atoms with Crippen LogP contribution >= 0.6 is 0 Å². The summed E-state index contributed by atoms with van der Waals surface area (Å²) >= 11 is 0. The monoisotopic (exact) mass is 355 g/mol. The lowest BCUT2D eigenvalue weighted by atomic mass is 9.83. The number of aromatic hydroxyl groups is 1. The number of hydrogen-bond acceptors (Lipinski definition) is 5. The highest BCUT2D eigenvalue weighted by molar-refractivity contribution is 5.67. The molecule has 137 valence electrons. The van der Waals surface area contributed by atoms with Crippen LogP contribution in [-0.2, 0) is 0 Å². The van der Waals surface area contributed by atoms with Gasteiger partial charge in [0.15, 0.2) is 12.5 Å². The molecule has 2 saturated heterocycles. The molecule has 0 saturated carbocycles.